The Kier molecular flexibility index (Phi) is 8.18. The summed E-state index contributed by atoms with van der Waals surface area (Å²) in [4.78, 5) is 27.6. The third-order valence-corrected chi connectivity index (χ3v) is 4.58. The van der Waals surface area contributed by atoms with Gasteiger partial charge in [0.1, 0.15) is 0 Å². The number of aryl methyl sites for hydroxylation is 1. The lowest BCUT2D eigenvalue weighted by Gasteiger charge is -2.19. The average molecular weight is 382 g/mol. The number of carbonyl (C=O) groups is 2. The number of nitrogens with zero attached hydrogens (tertiary/aromatic N) is 1. The first kappa shape index (κ1) is 21.6. The molecule has 0 aliphatic rings. The van der Waals surface area contributed by atoms with Gasteiger partial charge in [0.05, 0.1) is 0 Å². The third kappa shape index (κ3) is 7.91. The molecule has 1 aromatic heterocycles. The van der Waals surface area contributed by atoms with E-state index in [0.29, 0.717) is 18.7 Å². The fourth-order valence-electron chi connectivity index (χ4n) is 2.85. The number of nitrogens with one attached hydrogen (secondary N) is 2. The van der Waals surface area contributed by atoms with E-state index in [-0.39, 0.29) is 23.7 Å². The molecule has 0 aliphatic heterocycles. The molecule has 5 nitrogen and oxygen atoms in total. The van der Waals surface area contributed by atoms with E-state index in [1.54, 1.807) is 24.5 Å². The van der Waals surface area contributed by atoms with Crippen LogP contribution in [0.5, 0.6) is 0 Å². The Bertz CT molecular complexity index is 750. The first-order valence-electron chi connectivity index (χ1n) is 9.90. The zero-order valence-electron chi connectivity index (χ0n) is 17.1. The maximum atomic E-state index is 11.9. The van der Waals surface area contributed by atoms with Gasteiger partial charge in [-0.25, -0.2) is 0 Å². The largest absolute Gasteiger partial charge is 0.356 e. The summed E-state index contributed by atoms with van der Waals surface area (Å²) < 4.78 is 0. The number of benzene rings is 1. The van der Waals surface area contributed by atoms with Crippen LogP contribution in [0.4, 0.5) is 5.69 Å². The number of pyridine rings is 1. The summed E-state index contributed by atoms with van der Waals surface area (Å²) >= 11 is 0. The van der Waals surface area contributed by atoms with Crippen LogP contribution in [0.1, 0.15) is 57.6 Å². The third-order valence-electron chi connectivity index (χ3n) is 4.58. The molecule has 2 rings (SSSR count). The summed E-state index contributed by atoms with van der Waals surface area (Å²) in [6.45, 7) is 6.99. The summed E-state index contributed by atoms with van der Waals surface area (Å²) in [6.07, 6.45) is 6.79. The summed E-state index contributed by atoms with van der Waals surface area (Å²) in [7, 11) is 0. The van der Waals surface area contributed by atoms with Crippen LogP contribution in [0.2, 0.25) is 0 Å². The number of amides is 2. The molecule has 28 heavy (non-hydrogen) atoms. The number of anilines is 1. The number of hydrogen-bond donors (Lipinski definition) is 2. The van der Waals surface area contributed by atoms with Gasteiger partial charge in [-0.2, -0.15) is 0 Å². The zero-order valence-corrected chi connectivity index (χ0v) is 17.1. The highest BCUT2D eigenvalue weighted by Gasteiger charge is 2.12. The molecular formula is C23H31N3O2. The highest BCUT2D eigenvalue weighted by Crippen LogP contribution is 2.22. The van der Waals surface area contributed by atoms with Gasteiger partial charge in [0.25, 0.3) is 0 Å². The average Bonchev–Trinajstić information content (AvgIpc) is 2.66. The molecule has 0 atom stereocenters. The van der Waals surface area contributed by atoms with Crippen molar-refractivity contribution >= 4 is 17.5 Å². The highest BCUT2D eigenvalue weighted by molar-refractivity contribution is 5.91. The SMILES string of the molecule is CC(C)(C)c1ccc(CCCCC(=O)NCCC(=O)Nc2ccncc2)cc1. The van der Waals surface area contributed by atoms with Gasteiger partial charge in [-0.3, -0.25) is 14.6 Å². The van der Waals surface area contributed by atoms with Gasteiger partial charge in [-0.15, -0.1) is 0 Å². The van der Waals surface area contributed by atoms with Crippen molar-refractivity contribution < 1.29 is 9.59 Å². The Morgan fingerprint density at radius 1 is 0.893 bits per heavy atom. The van der Waals surface area contributed by atoms with Crippen LogP contribution < -0.4 is 10.6 Å². The van der Waals surface area contributed by atoms with E-state index >= 15 is 0 Å². The molecule has 0 spiro atoms. The van der Waals surface area contributed by atoms with Crippen molar-refractivity contribution in [2.45, 2.75) is 58.3 Å². The summed E-state index contributed by atoms with van der Waals surface area (Å²) in [5.74, 6) is -0.120. The van der Waals surface area contributed by atoms with Crippen molar-refractivity contribution in [3.63, 3.8) is 0 Å². The van der Waals surface area contributed by atoms with Gasteiger partial charge in [-0.05, 0) is 47.9 Å². The minimum Gasteiger partial charge on any atom is -0.356 e. The fraction of sp³-hybridized carbons (Fsp3) is 0.435. The summed E-state index contributed by atoms with van der Waals surface area (Å²) in [5, 5.41) is 5.58. The minimum atomic E-state index is -0.120. The number of carbonyl (C=O) groups excluding carboxylic acids is 2. The molecule has 2 aromatic rings. The van der Waals surface area contributed by atoms with Gasteiger partial charge in [0.2, 0.25) is 11.8 Å². The van der Waals surface area contributed by atoms with Crippen molar-refractivity contribution in [2.24, 2.45) is 0 Å². The Morgan fingerprint density at radius 3 is 2.21 bits per heavy atom. The predicted octanol–water partition coefficient (Wildman–Crippen LogP) is 4.24. The Balaban J connectivity index is 1.57. The molecule has 0 saturated heterocycles. The van der Waals surface area contributed by atoms with Crippen LogP contribution in [0, 0.1) is 0 Å². The first-order chi connectivity index (χ1) is 13.3. The van der Waals surface area contributed by atoms with Gasteiger partial charge in [0.15, 0.2) is 0 Å². The standard InChI is InChI=1S/C23H31N3O2/c1-23(2,3)19-10-8-18(9-11-19)6-4-5-7-21(27)25-17-14-22(28)26-20-12-15-24-16-13-20/h8-13,15-16H,4-7,14,17H2,1-3H3,(H,25,27)(H,24,26,28). The molecule has 1 heterocycles. The molecule has 0 bridgehead atoms. The first-order valence-corrected chi connectivity index (χ1v) is 9.90. The lowest BCUT2D eigenvalue weighted by atomic mass is 9.86. The monoisotopic (exact) mass is 381 g/mol. The van der Waals surface area contributed by atoms with E-state index in [2.05, 4.69) is 60.7 Å². The van der Waals surface area contributed by atoms with Crippen molar-refractivity contribution in [3.05, 3.63) is 59.9 Å². The minimum absolute atomic E-state index is 0.000193. The van der Waals surface area contributed by atoms with E-state index in [1.165, 1.54) is 11.1 Å². The second-order valence-electron chi connectivity index (χ2n) is 8.04. The molecule has 150 valence electrons. The smallest absolute Gasteiger partial charge is 0.226 e. The molecule has 2 amide bonds. The van der Waals surface area contributed by atoms with Crippen LogP contribution in [0.3, 0.4) is 0 Å². The predicted molar refractivity (Wildman–Crippen MR) is 113 cm³/mol. The molecule has 0 unspecified atom stereocenters. The molecule has 1 aromatic carbocycles. The highest BCUT2D eigenvalue weighted by atomic mass is 16.2. The van der Waals surface area contributed by atoms with Crippen molar-refractivity contribution in [1.29, 1.82) is 0 Å². The van der Waals surface area contributed by atoms with Crippen molar-refractivity contribution in [1.82, 2.24) is 10.3 Å². The van der Waals surface area contributed by atoms with Crippen LogP contribution in [-0.4, -0.2) is 23.3 Å². The Labute approximate surface area is 168 Å². The van der Waals surface area contributed by atoms with Crippen molar-refractivity contribution in [3.8, 4) is 0 Å². The second-order valence-corrected chi connectivity index (χ2v) is 8.04. The van der Waals surface area contributed by atoms with E-state index in [1.807, 2.05) is 0 Å². The Hall–Kier alpha value is -2.69. The summed E-state index contributed by atoms with van der Waals surface area (Å²) in [5.41, 5.74) is 3.53. The van der Waals surface area contributed by atoms with Crippen LogP contribution >= 0.6 is 0 Å². The van der Waals surface area contributed by atoms with E-state index in [9.17, 15) is 9.59 Å². The number of aromatic nitrogens is 1. The van der Waals surface area contributed by atoms with Gasteiger partial charge < -0.3 is 10.6 Å². The molecule has 0 saturated carbocycles. The normalized spacial score (nSPS) is 11.1. The van der Waals surface area contributed by atoms with Gasteiger partial charge in [-0.1, -0.05) is 45.0 Å². The van der Waals surface area contributed by atoms with Gasteiger partial charge >= 0.3 is 0 Å². The topological polar surface area (TPSA) is 71.1 Å². The number of rotatable bonds is 9. The fourth-order valence-corrected chi connectivity index (χ4v) is 2.85. The van der Waals surface area contributed by atoms with Crippen LogP contribution in [-0.2, 0) is 21.4 Å². The Morgan fingerprint density at radius 2 is 1.57 bits per heavy atom. The lowest BCUT2D eigenvalue weighted by Crippen LogP contribution is -2.27. The van der Waals surface area contributed by atoms with Crippen molar-refractivity contribution in [2.75, 3.05) is 11.9 Å². The van der Waals surface area contributed by atoms with Gasteiger partial charge in [0, 0.05) is 37.5 Å². The molecule has 5 heteroatoms. The van der Waals surface area contributed by atoms with E-state index < -0.39 is 0 Å². The molecular weight excluding hydrogens is 350 g/mol. The number of unbranched alkanes of at least 4 members (excludes halogenated alkanes) is 1. The molecule has 0 radical (unpaired) electrons. The molecule has 2 N–H and O–H groups in total. The molecule has 0 aliphatic carbocycles. The lowest BCUT2D eigenvalue weighted by molar-refractivity contribution is -0.121. The van der Waals surface area contributed by atoms with Crippen LogP contribution in [0.15, 0.2) is 48.8 Å². The van der Waals surface area contributed by atoms with E-state index in [4.69, 9.17) is 0 Å². The van der Waals surface area contributed by atoms with E-state index in [0.717, 1.165) is 19.3 Å². The zero-order chi connectivity index (χ0) is 20.4. The quantitative estimate of drug-likeness (QED) is 0.638. The molecule has 0 fully saturated rings. The maximum Gasteiger partial charge on any atom is 0.226 e. The summed E-state index contributed by atoms with van der Waals surface area (Å²) in [6, 6.07) is 12.2. The second kappa shape index (κ2) is 10.6. The number of hydrogen-bond acceptors (Lipinski definition) is 3. The van der Waals surface area contributed by atoms with Crippen LogP contribution in [0.25, 0.3) is 0 Å². The maximum absolute atomic E-state index is 11.9.